The lowest BCUT2D eigenvalue weighted by Crippen LogP contribution is -2.52. The van der Waals surface area contributed by atoms with Gasteiger partial charge >= 0.3 is 0 Å². The summed E-state index contributed by atoms with van der Waals surface area (Å²) in [5.74, 6) is -0.836. The lowest BCUT2D eigenvalue weighted by Gasteiger charge is -2.36. The van der Waals surface area contributed by atoms with Gasteiger partial charge in [-0.25, -0.2) is 4.39 Å². The zero-order chi connectivity index (χ0) is 13.9. The van der Waals surface area contributed by atoms with Crippen molar-refractivity contribution in [1.82, 2.24) is 5.32 Å². The highest BCUT2D eigenvalue weighted by Gasteiger charge is 2.33. The Labute approximate surface area is 116 Å². The van der Waals surface area contributed by atoms with Crippen molar-refractivity contribution in [2.75, 3.05) is 6.61 Å². The van der Waals surface area contributed by atoms with Gasteiger partial charge < -0.3 is 10.4 Å². The van der Waals surface area contributed by atoms with Crippen molar-refractivity contribution in [3.8, 4) is 0 Å². The lowest BCUT2D eigenvalue weighted by atomic mass is 9.82. The molecule has 1 amide bonds. The van der Waals surface area contributed by atoms with Crippen LogP contribution in [-0.4, -0.2) is 23.2 Å². The molecule has 0 spiro atoms. The summed E-state index contributed by atoms with van der Waals surface area (Å²) in [6.45, 7) is -0.0858. The Morgan fingerprint density at radius 3 is 2.63 bits per heavy atom. The topological polar surface area (TPSA) is 49.3 Å². The zero-order valence-electron chi connectivity index (χ0n) is 10.6. The van der Waals surface area contributed by atoms with E-state index in [4.69, 9.17) is 11.6 Å². The van der Waals surface area contributed by atoms with E-state index in [0.29, 0.717) is 0 Å². The SMILES string of the molecule is O=C(NC1(CO)CCCCC1)c1ccc(F)cc1Cl. The summed E-state index contributed by atoms with van der Waals surface area (Å²) in [7, 11) is 0. The molecule has 0 saturated heterocycles. The van der Waals surface area contributed by atoms with Gasteiger partial charge in [-0.15, -0.1) is 0 Å². The molecule has 2 N–H and O–H groups in total. The monoisotopic (exact) mass is 285 g/mol. The molecule has 1 saturated carbocycles. The van der Waals surface area contributed by atoms with Gasteiger partial charge in [0.15, 0.2) is 0 Å². The van der Waals surface area contributed by atoms with Crippen molar-refractivity contribution in [1.29, 1.82) is 0 Å². The Bertz CT molecular complexity index is 473. The summed E-state index contributed by atoms with van der Waals surface area (Å²) in [4.78, 5) is 12.2. The Morgan fingerprint density at radius 1 is 1.37 bits per heavy atom. The van der Waals surface area contributed by atoms with Crippen LogP contribution >= 0.6 is 11.6 Å². The minimum atomic E-state index is -0.562. The van der Waals surface area contributed by atoms with Crippen LogP contribution in [-0.2, 0) is 0 Å². The number of amides is 1. The van der Waals surface area contributed by atoms with Gasteiger partial charge in [-0.1, -0.05) is 30.9 Å². The van der Waals surface area contributed by atoms with E-state index < -0.39 is 11.4 Å². The van der Waals surface area contributed by atoms with E-state index in [1.807, 2.05) is 0 Å². The van der Waals surface area contributed by atoms with E-state index in [0.717, 1.165) is 38.2 Å². The van der Waals surface area contributed by atoms with Crippen LogP contribution in [0.4, 0.5) is 4.39 Å². The number of nitrogens with one attached hydrogen (secondary N) is 1. The fourth-order valence-corrected chi connectivity index (χ4v) is 2.79. The lowest BCUT2D eigenvalue weighted by molar-refractivity contribution is 0.0758. The number of carbonyl (C=O) groups is 1. The van der Waals surface area contributed by atoms with Crippen molar-refractivity contribution < 1.29 is 14.3 Å². The molecule has 1 aliphatic carbocycles. The Hall–Kier alpha value is -1.13. The first-order valence-electron chi connectivity index (χ1n) is 6.45. The van der Waals surface area contributed by atoms with Gasteiger partial charge in [0.2, 0.25) is 0 Å². The molecule has 0 heterocycles. The predicted molar refractivity (Wildman–Crippen MR) is 71.8 cm³/mol. The molecular weight excluding hydrogens is 269 g/mol. The van der Waals surface area contributed by atoms with Crippen molar-refractivity contribution in [2.24, 2.45) is 0 Å². The first-order chi connectivity index (χ1) is 9.06. The van der Waals surface area contributed by atoms with E-state index in [2.05, 4.69) is 5.32 Å². The van der Waals surface area contributed by atoms with Crippen LogP contribution in [0.1, 0.15) is 42.5 Å². The van der Waals surface area contributed by atoms with Crippen molar-refractivity contribution in [3.63, 3.8) is 0 Å². The highest BCUT2D eigenvalue weighted by molar-refractivity contribution is 6.33. The second-order valence-electron chi connectivity index (χ2n) is 5.08. The summed E-state index contributed by atoms with van der Waals surface area (Å²) >= 11 is 5.87. The molecule has 5 heteroatoms. The normalized spacial score (nSPS) is 18.1. The molecule has 0 aromatic heterocycles. The third-order valence-corrected chi connectivity index (χ3v) is 3.98. The molecule has 0 unspecified atom stereocenters. The van der Waals surface area contributed by atoms with Crippen LogP contribution in [0.3, 0.4) is 0 Å². The molecule has 1 fully saturated rings. The summed E-state index contributed by atoms with van der Waals surface area (Å²) in [6, 6.07) is 3.68. The van der Waals surface area contributed by atoms with Crippen molar-refractivity contribution >= 4 is 17.5 Å². The maximum atomic E-state index is 13.0. The second-order valence-corrected chi connectivity index (χ2v) is 5.48. The molecule has 1 aliphatic rings. The summed E-state index contributed by atoms with van der Waals surface area (Å²) in [6.07, 6.45) is 4.60. The average Bonchev–Trinajstić information content (AvgIpc) is 2.39. The van der Waals surface area contributed by atoms with E-state index in [-0.39, 0.29) is 23.1 Å². The highest BCUT2D eigenvalue weighted by atomic mass is 35.5. The Kier molecular flexibility index (Phi) is 4.42. The van der Waals surface area contributed by atoms with Gasteiger partial charge in [-0.3, -0.25) is 4.79 Å². The number of hydrogen-bond acceptors (Lipinski definition) is 2. The zero-order valence-corrected chi connectivity index (χ0v) is 11.3. The molecule has 0 aliphatic heterocycles. The molecule has 1 aromatic carbocycles. The summed E-state index contributed by atoms with van der Waals surface area (Å²) in [5, 5.41) is 12.5. The van der Waals surface area contributed by atoms with Gasteiger partial charge in [0.1, 0.15) is 5.82 Å². The number of carbonyl (C=O) groups excluding carboxylic acids is 1. The van der Waals surface area contributed by atoms with E-state index in [9.17, 15) is 14.3 Å². The van der Waals surface area contributed by atoms with Gasteiger partial charge in [0, 0.05) is 0 Å². The average molecular weight is 286 g/mol. The van der Waals surface area contributed by atoms with Gasteiger partial charge in [0.25, 0.3) is 5.91 Å². The van der Waals surface area contributed by atoms with Gasteiger partial charge in [0.05, 0.1) is 22.7 Å². The molecule has 3 nitrogen and oxygen atoms in total. The molecule has 0 atom stereocenters. The second kappa shape index (κ2) is 5.88. The molecule has 19 heavy (non-hydrogen) atoms. The molecule has 1 aromatic rings. The molecule has 104 valence electrons. The van der Waals surface area contributed by atoms with Crippen LogP contribution < -0.4 is 5.32 Å². The first kappa shape index (κ1) is 14.3. The van der Waals surface area contributed by atoms with Crippen LogP contribution in [0.15, 0.2) is 18.2 Å². The number of aliphatic hydroxyl groups is 1. The standard InChI is InChI=1S/C14H17ClFNO2/c15-12-8-10(16)4-5-11(12)13(19)17-14(9-18)6-2-1-3-7-14/h4-5,8,18H,1-3,6-7,9H2,(H,17,19). The van der Waals surface area contributed by atoms with Gasteiger partial charge in [-0.2, -0.15) is 0 Å². The highest BCUT2D eigenvalue weighted by Crippen LogP contribution is 2.28. The third kappa shape index (κ3) is 3.25. The minimum absolute atomic E-state index is 0.0846. The number of hydrogen-bond donors (Lipinski definition) is 2. The molecular formula is C14H17ClFNO2. The van der Waals surface area contributed by atoms with Crippen LogP contribution in [0.5, 0.6) is 0 Å². The smallest absolute Gasteiger partial charge is 0.253 e. The van der Waals surface area contributed by atoms with Crippen LogP contribution in [0, 0.1) is 5.82 Å². The number of aliphatic hydroxyl groups excluding tert-OH is 1. The Balaban J connectivity index is 2.15. The maximum Gasteiger partial charge on any atom is 0.253 e. The fourth-order valence-electron chi connectivity index (χ4n) is 2.53. The third-order valence-electron chi connectivity index (χ3n) is 3.67. The van der Waals surface area contributed by atoms with Crippen LogP contribution in [0.2, 0.25) is 5.02 Å². The van der Waals surface area contributed by atoms with E-state index in [1.165, 1.54) is 12.1 Å². The minimum Gasteiger partial charge on any atom is -0.394 e. The molecule has 0 bridgehead atoms. The molecule has 2 rings (SSSR count). The summed E-state index contributed by atoms with van der Waals surface area (Å²) < 4.78 is 13.0. The number of benzene rings is 1. The van der Waals surface area contributed by atoms with E-state index in [1.54, 1.807) is 0 Å². The largest absolute Gasteiger partial charge is 0.394 e. The summed E-state index contributed by atoms with van der Waals surface area (Å²) in [5.41, 5.74) is -0.325. The van der Waals surface area contributed by atoms with Crippen LogP contribution in [0.25, 0.3) is 0 Å². The number of halogens is 2. The Morgan fingerprint density at radius 2 is 2.05 bits per heavy atom. The maximum absolute atomic E-state index is 13.0. The quantitative estimate of drug-likeness (QED) is 0.897. The van der Waals surface area contributed by atoms with E-state index >= 15 is 0 Å². The molecule has 0 radical (unpaired) electrons. The fraction of sp³-hybridized carbons (Fsp3) is 0.500. The predicted octanol–water partition coefficient (Wildman–Crippen LogP) is 2.90. The van der Waals surface area contributed by atoms with Crippen molar-refractivity contribution in [2.45, 2.75) is 37.6 Å². The van der Waals surface area contributed by atoms with Crippen molar-refractivity contribution in [3.05, 3.63) is 34.6 Å². The van der Waals surface area contributed by atoms with Gasteiger partial charge in [-0.05, 0) is 31.0 Å². The first-order valence-corrected chi connectivity index (χ1v) is 6.82. The number of rotatable bonds is 3.